The summed E-state index contributed by atoms with van der Waals surface area (Å²) in [6.07, 6.45) is 1.72. The molecule has 2 aromatic heterocycles. The van der Waals surface area contributed by atoms with Gasteiger partial charge in [-0.2, -0.15) is 0 Å². The van der Waals surface area contributed by atoms with E-state index in [-0.39, 0.29) is 12.0 Å². The summed E-state index contributed by atoms with van der Waals surface area (Å²) in [6, 6.07) is 12.1. The highest BCUT2D eigenvalue weighted by molar-refractivity contribution is 7.18. The molecule has 1 fully saturated rings. The standard InChI is InChI=1S/C20H22N4O2S/c1-14(19-22-16-7-3-4-8-17(16)27-19)23-10-12-24(13-11-23)18-15(20(25)26-2)6-5-9-21-18/h3-9,14H,10-13H2,1-2H3/t14-/m1/s1. The van der Waals surface area contributed by atoms with Gasteiger partial charge < -0.3 is 9.64 Å². The molecule has 27 heavy (non-hydrogen) atoms. The molecule has 0 spiro atoms. The summed E-state index contributed by atoms with van der Waals surface area (Å²) in [5.41, 5.74) is 1.59. The van der Waals surface area contributed by atoms with Crippen LogP contribution in [-0.2, 0) is 4.74 Å². The third-order valence-electron chi connectivity index (χ3n) is 5.02. The Labute approximate surface area is 162 Å². The minimum Gasteiger partial charge on any atom is -0.465 e. The normalized spacial score (nSPS) is 16.4. The Morgan fingerprint density at radius 3 is 2.67 bits per heavy atom. The van der Waals surface area contributed by atoms with Crippen LogP contribution in [0.15, 0.2) is 42.6 Å². The first-order valence-corrected chi connectivity index (χ1v) is 9.87. The Morgan fingerprint density at radius 2 is 1.93 bits per heavy atom. The predicted octanol–water partition coefficient (Wildman–Crippen LogP) is 3.36. The molecular formula is C20H22N4O2S. The molecule has 140 valence electrons. The highest BCUT2D eigenvalue weighted by Crippen LogP contribution is 2.30. The molecule has 7 heteroatoms. The van der Waals surface area contributed by atoms with Crippen LogP contribution in [0, 0.1) is 0 Å². The second-order valence-electron chi connectivity index (χ2n) is 6.58. The smallest absolute Gasteiger partial charge is 0.341 e. The second kappa shape index (κ2) is 7.62. The van der Waals surface area contributed by atoms with E-state index in [0.717, 1.165) is 36.7 Å². The largest absolute Gasteiger partial charge is 0.465 e. The van der Waals surface area contributed by atoms with Gasteiger partial charge in [-0.1, -0.05) is 12.1 Å². The van der Waals surface area contributed by atoms with E-state index in [1.54, 1.807) is 29.7 Å². The molecule has 1 saturated heterocycles. The summed E-state index contributed by atoms with van der Waals surface area (Å²) in [5, 5.41) is 1.15. The van der Waals surface area contributed by atoms with Crippen LogP contribution in [0.5, 0.6) is 0 Å². The van der Waals surface area contributed by atoms with E-state index in [9.17, 15) is 4.79 Å². The molecule has 0 aliphatic carbocycles. The van der Waals surface area contributed by atoms with Gasteiger partial charge in [0, 0.05) is 32.4 Å². The molecule has 1 aromatic carbocycles. The Hall–Kier alpha value is -2.51. The topological polar surface area (TPSA) is 58.6 Å². The Balaban J connectivity index is 1.47. The van der Waals surface area contributed by atoms with Crippen LogP contribution in [0.3, 0.4) is 0 Å². The molecule has 0 unspecified atom stereocenters. The van der Waals surface area contributed by atoms with E-state index >= 15 is 0 Å². The van der Waals surface area contributed by atoms with Crippen LogP contribution in [0.4, 0.5) is 5.82 Å². The Kier molecular flexibility index (Phi) is 5.05. The molecule has 3 aromatic rings. The van der Waals surface area contributed by atoms with Crippen LogP contribution >= 0.6 is 11.3 Å². The lowest BCUT2D eigenvalue weighted by atomic mass is 10.2. The van der Waals surface area contributed by atoms with Gasteiger partial charge >= 0.3 is 5.97 Å². The van der Waals surface area contributed by atoms with Crippen molar-refractivity contribution in [1.82, 2.24) is 14.9 Å². The molecular weight excluding hydrogens is 360 g/mol. The van der Waals surface area contributed by atoms with Crippen LogP contribution in [0.1, 0.15) is 28.3 Å². The lowest BCUT2D eigenvalue weighted by Gasteiger charge is -2.38. The van der Waals surface area contributed by atoms with Gasteiger partial charge in [0.2, 0.25) is 0 Å². The zero-order valence-electron chi connectivity index (χ0n) is 15.5. The van der Waals surface area contributed by atoms with Crippen LogP contribution < -0.4 is 4.90 Å². The first kappa shape index (κ1) is 17.9. The van der Waals surface area contributed by atoms with Gasteiger partial charge in [-0.15, -0.1) is 11.3 Å². The summed E-state index contributed by atoms with van der Waals surface area (Å²) < 4.78 is 6.12. The monoisotopic (exact) mass is 382 g/mol. The predicted molar refractivity (Wildman–Crippen MR) is 107 cm³/mol. The van der Waals surface area contributed by atoms with Crippen molar-refractivity contribution in [2.24, 2.45) is 0 Å². The number of para-hydroxylation sites is 1. The number of hydrogen-bond donors (Lipinski definition) is 0. The number of fused-ring (bicyclic) bond motifs is 1. The van der Waals surface area contributed by atoms with Crippen molar-refractivity contribution in [2.45, 2.75) is 13.0 Å². The highest BCUT2D eigenvalue weighted by atomic mass is 32.1. The summed E-state index contributed by atoms with van der Waals surface area (Å²) in [6.45, 7) is 5.64. The fourth-order valence-corrected chi connectivity index (χ4v) is 4.52. The van der Waals surface area contributed by atoms with Crippen molar-refractivity contribution in [1.29, 1.82) is 0 Å². The third kappa shape index (κ3) is 3.52. The zero-order chi connectivity index (χ0) is 18.8. The molecule has 0 radical (unpaired) electrons. The minimum absolute atomic E-state index is 0.272. The van der Waals surface area contributed by atoms with Crippen molar-refractivity contribution >= 4 is 33.3 Å². The van der Waals surface area contributed by atoms with Gasteiger partial charge in [-0.3, -0.25) is 4.90 Å². The molecule has 6 nitrogen and oxygen atoms in total. The number of thiazole rings is 1. The summed E-state index contributed by atoms with van der Waals surface area (Å²) in [5.74, 6) is 0.361. The minimum atomic E-state index is -0.344. The maximum Gasteiger partial charge on any atom is 0.341 e. The first-order valence-electron chi connectivity index (χ1n) is 9.05. The third-order valence-corrected chi connectivity index (χ3v) is 6.23. The maximum absolute atomic E-state index is 12.0. The van der Waals surface area contributed by atoms with Crippen LogP contribution in [0.25, 0.3) is 10.2 Å². The molecule has 1 aliphatic rings. The average molecular weight is 382 g/mol. The van der Waals surface area contributed by atoms with Gasteiger partial charge in [0.25, 0.3) is 0 Å². The number of pyridine rings is 1. The number of carbonyl (C=O) groups is 1. The lowest BCUT2D eigenvalue weighted by Crippen LogP contribution is -2.47. The van der Waals surface area contributed by atoms with Gasteiger partial charge in [0.1, 0.15) is 16.4 Å². The van der Waals surface area contributed by atoms with Crippen LogP contribution in [-0.4, -0.2) is 54.1 Å². The SMILES string of the molecule is COC(=O)c1cccnc1N1CCN([C@H](C)c2nc3ccccc3s2)CC1. The number of benzene rings is 1. The number of rotatable bonds is 4. The number of piperazine rings is 1. The number of aromatic nitrogens is 2. The van der Waals surface area contributed by atoms with Gasteiger partial charge in [0.05, 0.1) is 23.4 Å². The quantitative estimate of drug-likeness (QED) is 0.645. The summed E-state index contributed by atoms with van der Waals surface area (Å²) >= 11 is 1.77. The highest BCUT2D eigenvalue weighted by Gasteiger charge is 2.27. The van der Waals surface area contributed by atoms with E-state index in [1.807, 2.05) is 6.07 Å². The number of hydrogen-bond acceptors (Lipinski definition) is 7. The van der Waals surface area contributed by atoms with Crippen molar-refractivity contribution < 1.29 is 9.53 Å². The number of nitrogens with zero attached hydrogens (tertiary/aromatic N) is 4. The van der Waals surface area contributed by atoms with Crippen molar-refractivity contribution in [2.75, 3.05) is 38.2 Å². The number of ether oxygens (including phenoxy) is 1. The average Bonchev–Trinajstić information content (AvgIpc) is 3.17. The number of methoxy groups -OCH3 is 1. The fourth-order valence-electron chi connectivity index (χ4n) is 3.46. The van der Waals surface area contributed by atoms with E-state index in [0.29, 0.717) is 11.4 Å². The lowest BCUT2D eigenvalue weighted by molar-refractivity contribution is 0.0600. The summed E-state index contributed by atoms with van der Waals surface area (Å²) in [4.78, 5) is 25.8. The second-order valence-corrected chi connectivity index (χ2v) is 7.65. The van der Waals surface area contributed by atoms with Gasteiger partial charge in [0.15, 0.2) is 0 Å². The molecule has 4 rings (SSSR count). The molecule has 0 saturated carbocycles. The summed E-state index contributed by atoms with van der Waals surface area (Å²) in [7, 11) is 1.40. The molecule has 0 bridgehead atoms. The fraction of sp³-hybridized carbons (Fsp3) is 0.350. The van der Waals surface area contributed by atoms with Crippen molar-refractivity contribution in [3.8, 4) is 0 Å². The molecule has 3 heterocycles. The Bertz CT molecular complexity index is 917. The van der Waals surface area contributed by atoms with E-state index in [2.05, 4.69) is 39.9 Å². The number of esters is 1. The van der Waals surface area contributed by atoms with E-state index in [1.165, 1.54) is 11.8 Å². The molecule has 1 atom stereocenters. The Morgan fingerprint density at radius 1 is 1.15 bits per heavy atom. The van der Waals surface area contributed by atoms with Crippen LogP contribution in [0.2, 0.25) is 0 Å². The van der Waals surface area contributed by atoms with Crippen molar-refractivity contribution in [3.63, 3.8) is 0 Å². The number of carbonyl (C=O) groups excluding carboxylic acids is 1. The molecule has 0 N–H and O–H groups in total. The maximum atomic E-state index is 12.0. The van der Waals surface area contributed by atoms with E-state index < -0.39 is 0 Å². The first-order chi connectivity index (χ1) is 13.2. The van der Waals surface area contributed by atoms with Gasteiger partial charge in [-0.25, -0.2) is 14.8 Å². The van der Waals surface area contributed by atoms with E-state index in [4.69, 9.17) is 9.72 Å². The van der Waals surface area contributed by atoms with Gasteiger partial charge in [-0.05, 0) is 31.2 Å². The molecule has 0 amide bonds. The van der Waals surface area contributed by atoms with Crippen molar-refractivity contribution in [3.05, 3.63) is 53.2 Å². The molecule has 1 aliphatic heterocycles. The zero-order valence-corrected chi connectivity index (χ0v) is 16.3. The number of anilines is 1.